The molecule has 4 rings (SSSR count). The summed E-state index contributed by atoms with van der Waals surface area (Å²) in [6.07, 6.45) is 2.25. The predicted molar refractivity (Wildman–Crippen MR) is 158 cm³/mol. The number of piperazine rings is 2. The molecule has 2 aliphatic heterocycles. The minimum Gasteiger partial charge on any atom is -0.508 e. The number of nitrogens with one attached hydrogen (secondary N) is 1. The number of phenols is 1. The summed E-state index contributed by atoms with van der Waals surface area (Å²) in [4.78, 5) is 31.9. The summed E-state index contributed by atoms with van der Waals surface area (Å²) in [5, 5.41) is 13.8. The molecule has 9 heteroatoms. The number of unbranched alkanes of at least 4 members (excludes halogenated alkanes) is 1. The molecule has 0 aliphatic carbocycles. The van der Waals surface area contributed by atoms with Crippen molar-refractivity contribution in [2.75, 3.05) is 52.4 Å². The Morgan fingerprint density at radius 2 is 1.73 bits per heavy atom. The summed E-state index contributed by atoms with van der Waals surface area (Å²) in [5.74, 6) is 0.192. The van der Waals surface area contributed by atoms with Gasteiger partial charge in [0, 0.05) is 63.3 Å². The minimum atomic E-state index is -0.123. The average molecular weight is 554 g/mol. The van der Waals surface area contributed by atoms with Crippen molar-refractivity contribution in [1.82, 2.24) is 26.2 Å². The Morgan fingerprint density at radius 3 is 2.42 bits per heavy atom. The molecule has 0 spiro atoms. The number of hydrogen-bond acceptors (Lipinski definition) is 8. The summed E-state index contributed by atoms with van der Waals surface area (Å²) >= 11 is 0. The monoisotopic (exact) mass is 553 g/mol. The van der Waals surface area contributed by atoms with Gasteiger partial charge in [-0.3, -0.25) is 19.4 Å². The fraction of sp³-hybridized carbons (Fsp3) is 0.548. The van der Waals surface area contributed by atoms with Gasteiger partial charge in [-0.15, -0.1) is 0 Å². The van der Waals surface area contributed by atoms with Crippen molar-refractivity contribution in [3.63, 3.8) is 0 Å². The second-order valence-corrected chi connectivity index (χ2v) is 10.9. The van der Waals surface area contributed by atoms with Gasteiger partial charge in [-0.1, -0.05) is 24.3 Å². The van der Waals surface area contributed by atoms with Crippen molar-refractivity contribution in [3.05, 3.63) is 65.2 Å². The molecule has 2 fully saturated rings. The molecule has 2 aromatic rings. The maximum atomic E-state index is 13.6. The van der Waals surface area contributed by atoms with Gasteiger partial charge in [-0.05, 0) is 75.5 Å². The van der Waals surface area contributed by atoms with Crippen molar-refractivity contribution in [2.45, 2.75) is 58.2 Å². The molecule has 2 heterocycles. The first-order valence-corrected chi connectivity index (χ1v) is 14.4. The van der Waals surface area contributed by atoms with E-state index in [0.29, 0.717) is 43.8 Å². The van der Waals surface area contributed by atoms with Crippen molar-refractivity contribution in [2.24, 2.45) is 0 Å². The highest BCUT2D eigenvalue weighted by molar-refractivity contribution is 5.94. The molecular formula is C31H47N5O4. The standard InChI is InChI=1S/C31H44N4O4.H3N/c1-4-39-29(37)13-5-6-14-33-15-17-34(18-16-33)31(38)27-11-7-9-25(19-27)30(26-10-8-12-28(36)20-26)35-22-23(2)32-21-24(35)3;/h7-12,19-20,23-24,30,32,36H,4-6,13-18,21-22H2,1-3H3;1H3/t23-,24+,30-;/m1./s1. The summed E-state index contributed by atoms with van der Waals surface area (Å²) in [6.45, 7) is 12.5. The molecule has 0 bridgehead atoms. The molecule has 2 aromatic carbocycles. The Morgan fingerprint density at radius 1 is 1.02 bits per heavy atom. The van der Waals surface area contributed by atoms with Crippen LogP contribution in [0.15, 0.2) is 48.5 Å². The molecule has 2 aliphatic rings. The molecule has 0 unspecified atom stereocenters. The highest BCUT2D eigenvalue weighted by Gasteiger charge is 2.32. The van der Waals surface area contributed by atoms with E-state index < -0.39 is 0 Å². The second kappa shape index (κ2) is 15.1. The van der Waals surface area contributed by atoms with Crippen LogP contribution in [-0.2, 0) is 9.53 Å². The van der Waals surface area contributed by atoms with Gasteiger partial charge in [-0.25, -0.2) is 0 Å². The van der Waals surface area contributed by atoms with Gasteiger partial charge >= 0.3 is 5.97 Å². The molecule has 1 amide bonds. The van der Waals surface area contributed by atoms with Crippen LogP contribution < -0.4 is 11.5 Å². The van der Waals surface area contributed by atoms with E-state index in [1.54, 1.807) is 6.07 Å². The van der Waals surface area contributed by atoms with Crippen LogP contribution in [0.3, 0.4) is 0 Å². The van der Waals surface area contributed by atoms with E-state index in [9.17, 15) is 14.7 Å². The number of ether oxygens (including phenoxy) is 1. The van der Waals surface area contributed by atoms with Crippen LogP contribution in [0.4, 0.5) is 0 Å². The largest absolute Gasteiger partial charge is 0.508 e. The van der Waals surface area contributed by atoms with E-state index >= 15 is 0 Å². The van der Waals surface area contributed by atoms with Crippen LogP contribution >= 0.6 is 0 Å². The van der Waals surface area contributed by atoms with Gasteiger partial charge in [0.2, 0.25) is 0 Å². The highest BCUT2D eigenvalue weighted by atomic mass is 16.5. The molecule has 2 saturated heterocycles. The lowest BCUT2D eigenvalue weighted by atomic mass is 9.92. The van der Waals surface area contributed by atoms with Crippen LogP contribution in [-0.4, -0.2) is 96.2 Å². The number of benzene rings is 2. The molecule has 0 saturated carbocycles. The lowest BCUT2D eigenvalue weighted by Gasteiger charge is -2.43. The van der Waals surface area contributed by atoms with E-state index in [4.69, 9.17) is 4.74 Å². The summed E-state index contributed by atoms with van der Waals surface area (Å²) < 4.78 is 5.00. The smallest absolute Gasteiger partial charge is 0.305 e. The molecule has 3 atom stereocenters. The summed E-state index contributed by atoms with van der Waals surface area (Å²) in [6, 6.07) is 16.1. The van der Waals surface area contributed by atoms with Crippen molar-refractivity contribution >= 4 is 11.9 Å². The lowest BCUT2D eigenvalue weighted by Crippen LogP contribution is -2.55. The third kappa shape index (κ3) is 8.27. The normalized spacial score (nSPS) is 20.9. The number of aromatic hydroxyl groups is 1. The van der Waals surface area contributed by atoms with E-state index in [1.807, 2.05) is 42.2 Å². The van der Waals surface area contributed by atoms with Crippen LogP contribution in [0.2, 0.25) is 0 Å². The number of phenolic OH excluding ortho intramolecular Hbond substituents is 1. The number of carbonyl (C=O) groups is 2. The van der Waals surface area contributed by atoms with Crippen LogP contribution in [0.5, 0.6) is 5.75 Å². The van der Waals surface area contributed by atoms with Crippen molar-refractivity contribution in [1.29, 1.82) is 0 Å². The van der Waals surface area contributed by atoms with Crippen LogP contribution in [0.1, 0.15) is 67.6 Å². The molecule has 5 N–H and O–H groups in total. The Hall–Kier alpha value is -2.98. The average Bonchev–Trinajstić information content (AvgIpc) is 2.93. The SMILES string of the molecule is CCOC(=O)CCCCN1CCN(C(=O)c2cccc([C@H](c3cccc(O)c3)N3C[C@@H](C)NC[C@@H]3C)c2)CC1.N. The molecule has 0 radical (unpaired) electrons. The number of nitrogens with zero attached hydrogens (tertiary/aromatic N) is 3. The third-order valence-electron chi connectivity index (χ3n) is 7.85. The molecular weight excluding hydrogens is 506 g/mol. The fourth-order valence-electron chi connectivity index (χ4n) is 5.72. The van der Waals surface area contributed by atoms with E-state index in [1.165, 1.54) is 0 Å². The zero-order valence-electron chi connectivity index (χ0n) is 24.3. The lowest BCUT2D eigenvalue weighted by molar-refractivity contribution is -0.143. The summed E-state index contributed by atoms with van der Waals surface area (Å²) in [5.41, 5.74) is 2.79. The third-order valence-corrected chi connectivity index (χ3v) is 7.85. The minimum absolute atomic E-state index is 0. The van der Waals surface area contributed by atoms with Gasteiger partial charge in [0.25, 0.3) is 5.91 Å². The second-order valence-electron chi connectivity index (χ2n) is 10.9. The predicted octanol–water partition coefficient (Wildman–Crippen LogP) is 3.82. The van der Waals surface area contributed by atoms with Gasteiger partial charge in [0.1, 0.15) is 5.75 Å². The van der Waals surface area contributed by atoms with Gasteiger partial charge in [0.15, 0.2) is 0 Å². The van der Waals surface area contributed by atoms with Crippen LogP contribution in [0, 0.1) is 0 Å². The Bertz CT molecular complexity index is 1100. The maximum absolute atomic E-state index is 13.6. The zero-order chi connectivity index (χ0) is 27.8. The van der Waals surface area contributed by atoms with Gasteiger partial charge in [0.05, 0.1) is 12.6 Å². The summed E-state index contributed by atoms with van der Waals surface area (Å²) in [7, 11) is 0. The first-order valence-electron chi connectivity index (χ1n) is 14.4. The maximum Gasteiger partial charge on any atom is 0.305 e. The molecule has 0 aromatic heterocycles. The number of hydrogen-bond donors (Lipinski definition) is 3. The quantitative estimate of drug-likeness (QED) is 0.300. The van der Waals surface area contributed by atoms with E-state index in [-0.39, 0.29) is 29.8 Å². The first-order chi connectivity index (χ1) is 18.9. The highest BCUT2D eigenvalue weighted by Crippen LogP contribution is 2.33. The number of esters is 1. The van der Waals surface area contributed by atoms with E-state index in [2.05, 4.69) is 41.1 Å². The van der Waals surface area contributed by atoms with E-state index in [0.717, 1.165) is 56.7 Å². The Kier molecular flexibility index (Phi) is 11.9. The first kappa shape index (κ1) is 31.5. The van der Waals surface area contributed by atoms with Crippen molar-refractivity contribution < 1.29 is 19.4 Å². The molecule has 220 valence electrons. The van der Waals surface area contributed by atoms with Crippen LogP contribution in [0.25, 0.3) is 0 Å². The number of amides is 1. The topological polar surface area (TPSA) is 120 Å². The van der Waals surface area contributed by atoms with Crippen molar-refractivity contribution in [3.8, 4) is 5.75 Å². The zero-order valence-corrected chi connectivity index (χ0v) is 24.3. The Balaban J connectivity index is 0.00000441. The fourth-order valence-corrected chi connectivity index (χ4v) is 5.72. The molecule has 9 nitrogen and oxygen atoms in total. The Labute approximate surface area is 239 Å². The molecule has 40 heavy (non-hydrogen) atoms. The van der Waals surface area contributed by atoms with Gasteiger partial charge < -0.3 is 26.2 Å². The van der Waals surface area contributed by atoms with Gasteiger partial charge in [-0.2, -0.15) is 0 Å². The number of rotatable bonds is 10. The number of carbonyl (C=O) groups excluding carboxylic acids is 2.